The van der Waals surface area contributed by atoms with Crippen molar-refractivity contribution in [2.75, 3.05) is 18.9 Å². The normalized spacial score (nSPS) is 17.4. The van der Waals surface area contributed by atoms with E-state index < -0.39 is 5.82 Å². The molecular weight excluding hydrogens is 299 g/mol. The van der Waals surface area contributed by atoms with Gasteiger partial charge in [0.1, 0.15) is 18.1 Å². The van der Waals surface area contributed by atoms with Crippen LogP contribution in [-0.4, -0.2) is 38.6 Å². The molecule has 1 aliphatic rings. The smallest absolute Gasteiger partial charge is 0.165 e. The van der Waals surface area contributed by atoms with E-state index >= 15 is 0 Å². The monoisotopic (exact) mass is 316 g/mol. The van der Waals surface area contributed by atoms with Crippen LogP contribution in [0.15, 0.2) is 24.5 Å². The Morgan fingerprint density at radius 3 is 3.04 bits per heavy atom. The summed E-state index contributed by atoms with van der Waals surface area (Å²) >= 11 is 0. The van der Waals surface area contributed by atoms with Gasteiger partial charge in [-0.3, -0.25) is 4.68 Å². The van der Waals surface area contributed by atoms with Gasteiger partial charge in [-0.2, -0.15) is 10.2 Å². The topological polar surface area (TPSA) is 82.4 Å². The maximum Gasteiger partial charge on any atom is 0.165 e. The largest absolute Gasteiger partial charge is 0.488 e. The van der Waals surface area contributed by atoms with Crippen LogP contribution in [-0.2, 0) is 7.05 Å². The molecule has 1 fully saturated rings. The summed E-state index contributed by atoms with van der Waals surface area (Å²) in [7, 11) is 1.76. The molecule has 0 aromatic carbocycles. The molecule has 1 atom stereocenters. The van der Waals surface area contributed by atoms with Crippen LogP contribution in [0.2, 0.25) is 0 Å². The van der Waals surface area contributed by atoms with E-state index in [-0.39, 0.29) is 0 Å². The van der Waals surface area contributed by atoms with Crippen LogP contribution < -0.4 is 15.8 Å². The lowest BCUT2D eigenvalue weighted by molar-refractivity contribution is 0.218. The van der Waals surface area contributed by atoms with Crippen LogP contribution in [0.1, 0.15) is 6.42 Å². The van der Waals surface area contributed by atoms with Gasteiger partial charge in [-0.1, -0.05) is 0 Å². The molecule has 3 aromatic heterocycles. The molecule has 120 valence electrons. The van der Waals surface area contributed by atoms with Crippen molar-refractivity contribution in [1.29, 1.82) is 0 Å². The minimum absolute atomic E-state index is 0.346. The number of nitrogens with one attached hydrogen (secondary N) is 1. The maximum atomic E-state index is 14.5. The fourth-order valence-electron chi connectivity index (χ4n) is 2.73. The first-order valence-corrected chi connectivity index (χ1v) is 7.45. The summed E-state index contributed by atoms with van der Waals surface area (Å²) in [5, 5.41) is 11.5. The summed E-state index contributed by atoms with van der Waals surface area (Å²) in [6, 6.07) is 3.74. The van der Waals surface area contributed by atoms with Crippen molar-refractivity contribution in [3.8, 4) is 17.0 Å². The van der Waals surface area contributed by atoms with Gasteiger partial charge >= 0.3 is 0 Å². The molecule has 4 rings (SSSR count). The summed E-state index contributed by atoms with van der Waals surface area (Å²) < 4.78 is 23.4. The highest BCUT2D eigenvalue weighted by Crippen LogP contribution is 2.32. The number of aryl methyl sites for hydroxylation is 1. The summed E-state index contributed by atoms with van der Waals surface area (Å²) in [5.74, 6) is 0.506. The van der Waals surface area contributed by atoms with Gasteiger partial charge in [0.25, 0.3) is 0 Å². The number of fused-ring (bicyclic) bond motifs is 1. The quantitative estimate of drug-likeness (QED) is 0.756. The first kappa shape index (κ1) is 14.0. The van der Waals surface area contributed by atoms with Gasteiger partial charge in [-0.15, -0.1) is 0 Å². The Bertz CT molecular complexity index is 866. The average molecular weight is 316 g/mol. The van der Waals surface area contributed by atoms with Crippen molar-refractivity contribution >= 4 is 11.3 Å². The second-order valence-electron chi connectivity index (χ2n) is 5.71. The van der Waals surface area contributed by atoms with E-state index in [1.165, 1.54) is 10.7 Å². The number of halogens is 1. The molecule has 0 unspecified atom stereocenters. The lowest BCUT2D eigenvalue weighted by Crippen LogP contribution is -2.46. The van der Waals surface area contributed by atoms with Crippen molar-refractivity contribution in [2.45, 2.75) is 12.5 Å². The van der Waals surface area contributed by atoms with Gasteiger partial charge < -0.3 is 15.8 Å². The number of anilines is 1. The number of nitrogens with zero attached hydrogens (tertiary/aromatic N) is 4. The van der Waals surface area contributed by atoms with E-state index in [2.05, 4.69) is 15.5 Å². The molecular formula is C15H17FN6O. The number of hydrogen-bond acceptors (Lipinski definition) is 5. The predicted octanol–water partition coefficient (Wildman–Crippen LogP) is 1.20. The maximum absolute atomic E-state index is 14.5. The number of nitrogen functional groups attached to an aromatic ring is 1. The van der Waals surface area contributed by atoms with E-state index in [0.717, 1.165) is 13.0 Å². The molecule has 8 heteroatoms. The zero-order valence-electron chi connectivity index (χ0n) is 12.7. The molecule has 0 spiro atoms. The molecule has 3 aromatic rings. The predicted molar refractivity (Wildman–Crippen MR) is 83.7 cm³/mol. The minimum Gasteiger partial charge on any atom is -0.488 e. The number of pyridine rings is 1. The summed E-state index contributed by atoms with van der Waals surface area (Å²) in [6.07, 6.45) is 4.01. The highest BCUT2D eigenvalue weighted by Gasteiger charge is 2.21. The van der Waals surface area contributed by atoms with Crippen molar-refractivity contribution in [3.63, 3.8) is 0 Å². The number of rotatable bonds is 4. The zero-order valence-corrected chi connectivity index (χ0v) is 12.7. The number of hydrogen-bond donors (Lipinski definition) is 2. The Morgan fingerprint density at radius 2 is 2.30 bits per heavy atom. The van der Waals surface area contributed by atoms with E-state index in [0.29, 0.717) is 41.0 Å². The van der Waals surface area contributed by atoms with Gasteiger partial charge in [-0.25, -0.2) is 8.91 Å². The lowest BCUT2D eigenvalue weighted by Gasteiger charge is -2.27. The van der Waals surface area contributed by atoms with Crippen LogP contribution in [0.4, 0.5) is 10.2 Å². The van der Waals surface area contributed by atoms with Crippen LogP contribution >= 0.6 is 0 Å². The minimum atomic E-state index is -0.407. The molecule has 1 saturated heterocycles. The van der Waals surface area contributed by atoms with E-state index in [1.54, 1.807) is 30.1 Å². The summed E-state index contributed by atoms with van der Waals surface area (Å²) in [5.41, 5.74) is 7.39. The Kier molecular flexibility index (Phi) is 3.19. The highest BCUT2D eigenvalue weighted by molar-refractivity contribution is 5.72. The van der Waals surface area contributed by atoms with Gasteiger partial charge in [0, 0.05) is 24.7 Å². The van der Waals surface area contributed by atoms with Crippen molar-refractivity contribution < 1.29 is 9.13 Å². The molecule has 4 heterocycles. The Hall–Kier alpha value is -2.61. The molecule has 0 radical (unpaired) electrons. The third kappa shape index (κ3) is 2.40. The number of aromatic nitrogens is 4. The Labute approximate surface area is 131 Å². The van der Waals surface area contributed by atoms with Crippen LogP contribution in [0.25, 0.3) is 16.8 Å². The van der Waals surface area contributed by atoms with Crippen molar-refractivity contribution in [3.05, 3.63) is 30.3 Å². The number of nitrogens with two attached hydrogens (primary N) is 1. The molecule has 3 N–H and O–H groups in total. The third-order valence-electron chi connectivity index (χ3n) is 4.09. The van der Waals surface area contributed by atoms with Gasteiger partial charge in [0.15, 0.2) is 11.6 Å². The third-order valence-corrected chi connectivity index (χ3v) is 4.09. The molecule has 0 aliphatic carbocycles. The second-order valence-corrected chi connectivity index (χ2v) is 5.71. The number of ether oxygens (including phenoxy) is 1. The first-order chi connectivity index (χ1) is 11.1. The fraction of sp³-hybridized carbons (Fsp3) is 0.333. The van der Waals surface area contributed by atoms with Crippen LogP contribution in [0.5, 0.6) is 5.75 Å². The average Bonchev–Trinajstić information content (AvgIpc) is 2.98. The van der Waals surface area contributed by atoms with Gasteiger partial charge in [0.05, 0.1) is 17.9 Å². The molecule has 23 heavy (non-hydrogen) atoms. The fourth-order valence-corrected chi connectivity index (χ4v) is 2.73. The van der Waals surface area contributed by atoms with E-state index in [1.807, 2.05) is 0 Å². The Balaban J connectivity index is 1.74. The van der Waals surface area contributed by atoms with Gasteiger partial charge in [0.2, 0.25) is 0 Å². The standard InChI is InChI=1S/C15H17FN6O/c1-21-15(13(6-19-21)23-8-9-2-3-18-9)11-4-10-5-14(17)20-22(10)7-12(11)16/h4-7,9,18H,2-3,8H2,1H3,(H2,17,20)/t9-/m1/s1. The van der Waals surface area contributed by atoms with Gasteiger partial charge in [-0.05, 0) is 19.0 Å². The molecule has 0 saturated carbocycles. The Morgan fingerprint density at radius 1 is 1.48 bits per heavy atom. The molecule has 0 amide bonds. The van der Waals surface area contributed by atoms with Crippen LogP contribution in [0.3, 0.4) is 0 Å². The summed E-state index contributed by atoms with van der Waals surface area (Å²) in [6.45, 7) is 1.56. The van der Waals surface area contributed by atoms with Crippen molar-refractivity contribution in [2.24, 2.45) is 7.05 Å². The first-order valence-electron chi connectivity index (χ1n) is 7.45. The SMILES string of the molecule is Cn1ncc(OC[C@H]2CCN2)c1-c1cc2cc(N)nn2cc1F. The van der Waals surface area contributed by atoms with E-state index in [4.69, 9.17) is 10.5 Å². The molecule has 0 bridgehead atoms. The molecule has 7 nitrogen and oxygen atoms in total. The highest BCUT2D eigenvalue weighted by atomic mass is 19.1. The second kappa shape index (κ2) is 5.24. The van der Waals surface area contributed by atoms with E-state index in [9.17, 15) is 4.39 Å². The summed E-state index contributed by atoms with van der Waals surface area (Å²) in [4.78, 5) is 0. The van der Waals surface area contributed by atoms with Crippen molar-refractivity contribution in [1.82, 2.24) is 24.7 Å². The van der Waals surface area contributed by atoms with Crippen LogP contribution in [0, 0.1) is 5.82 Å². The molecule has 1 aliphatic heterocycles. The lowest BCUT2D eigenvalue weighted by atomic mass is 10.1. The zero-order chi connectivity index (χ0) is 16.0.